The molecule has 3 aliphatic rings. The number of morpholine rings is 1. The minimum Gasteiger partial charge on any atom is -0.378 e. The molecule has 2 aliphatic heterocycles. The number of aryl methyl sites for hydroxylation is 1. The van der Waals surface area contributed by atoms with Crippen LogP contribution in [0.2, 0.25) is 0 Å². The van der Waals surface area contributed by atoms with Gasteiger partial charge in [-0.3, -0.25) is 4.90 Å². The number of pyridine rings is 2. The molecule has 6 rings (SSSR count). The monoisotopic (exact) mass is 467 g/mol. The normalized spacial score (nSPS) is 22.1. The number of anilines is 3. The zero-order valence-electron chi connectivity index (χ0n) is 19.0. The lowest BCUT2D eigenvalue weighted by atomic mass is 9.95. The molecule has 2 saturated heterocycles. The van der Waals surface area contributed by atoms with E-state index in [0.29, 0.717) is 17.8 Å². The highest BCUT2D eigenvalue weighted by Gasteiger charge is 2.30. The van der Waals surface area contributed by atoms with Gasteiger partial charge in [0.2, 0.25) is 0 Å². The Balaban J connectivity index is 1.22. The van der Waals surface area contributed by atoms with E-state index in [0.717, 1.165) is 45.1 Å². The number of nitrogens with zero attached hydrogens (tertiary/aromatic N) is 4. The summed E-state index contributed by atoms with van der Waals surface area (Å²) in [5, 5.41) is 4.38. The van der Waals surface area contributed by atoms with Gasteiger partial charge in [-0.25, -0.2) is 14.4 Å². The second-order valence-corrected chi connectivity index (χ2v) is 10.7. The van der Waals surface area contributed by atoms with Crippen LogP contribution in [0.25, 0.3) is 10.1 Å². The molecular formula is C25H30FN5OS. The van der Waals surface area contributed by atoms with Gasteiger partial charge in [0.25, 0.3) is 0 Å². The van der Waals surface area contributed by atoms with E-state index in [4.69, 9.17) is 4.74 Å². The SMILES string of the molecule is Cc1sc2cnc(Nc3ncc(N4CCN5CCOCC5C4)cc3F)cc2c1C1CCCC1. The Labute approximate surface area is 197 Å². The maximum Gasteiger partial charge on any atom is 0.167 e. The largest absolute Gasteiger partial charge is 0.378 e. The predicted molar refractivity (Wildman–Crippen MR) is 131 cm³/mol. The lowest BCUT2D eigenvalue weighted by Crippen LogP contribution is -2.58. The first-order valence-corrected chi connectivity index (χ1v) is 12.9. The molecule has 33 heavy (non-hydrogen) atoms. The lowest BCUT2D eigenvalue weighted by molar-refractivity contribution is -0.0117. The molecule has 0 spiro atoms. The van der Waals surface area contributed by atoms with Crippen molar-refractivity contribution in [1.29, 1.82) is 0 Å². The van der Waals surface area contributed by atoms with E-state index in [9.17, 15) is 0 Å². The molecule has 5 heterocycles. The number of hydrogen-bond donors (Lipinski definition) is 1. The van der Waals surface area contributed by atoms with Crippen LogP contribution in [-0.2, 0) is 4.74 Å². The fourth-order valence-corrected chi connectivity index (χ4v) is 6.83. The molecule has 6 nitrogen and oxygen atoms in total. The van der Waals surface area contributed by atoms with Crippen molar-refractivity contribution in [3.05, 3.63) is 40.8 Å². The molecule has 3 aromatic rings. The summed E-state index contributed by atoms with van der Waals surface area (Å²) >= 11 is 1.81. The smallest absolute Gasteiger partial charge is 0.167 e. The van der Waals surface area contributed by atoms with Crippen LogP contribution in [-0.4, -0.2) is 60.3 Å². The van der Waals surface area contributed by atoms with E-state index in [2.05, 4.69) is 38.1 Å². The summed E-state index contributed by atoms with van der Waals surface area (Å²) in [4.78, 5) is 15.0. The highest BCUT2D eigenvalue weighted by molar-refractivity contribution is 7.19. The second kappa shape index (κ2) is 8.81. The van der Waals surface area contributed by atoms with Crippen molar-refractivity contribution < 1.29 is 9.13 Å². The Morgan fingerprint density at radius 3 is 2.85 bits per heavy atom. The van der Waals surface area contributed by atoms with Crippen molar-refractivity contribution in [3.63, 3.8) is 0 Å². The molecule has 0 amide bonds. The van der Waals surface area contributed by atoms with Crippen molar-refractivity contribution in [2.45, 2.75) is 44.6 Å². The Morgan fingerprint density at radius 1 is 1.12 bits per heavy atom. The summed E-state index contributed by atoms with van der Waals surface area (Å²) in [6, 6.07) is 4.03. The Hall–Kier alpha value is -2.29. The van der Waals surface area contributed by atoms with Crippen LogP contribution in [0.1, 0.15) is 42.0 Å². The van der Waals surface area contributed by atoms with E-state index < -0.39 is 0 Å². The fourth-order valence-electron chi connectivity index (χ4n) is 5.73. The summed E-state index contributed by atoms with van der Waals surface area (Å²) in [5.41, 5.74) is 2.29. The van der Waals surface area contributed by atoms with E-state index >= 15 is 4.39 Å². The highest BCUT2D eigenvalue weighted by Crippen LogP contribution is 2.43. The molecule has 0 radical (unpaired) electrons. The quantitative estimate of drug-likeness (QED) is 0.579. The van der Waals surface area contributed by atoms with Crippen molar-refractivity contribution in [1.82, 2.24) is 14.9 Å². The molecule has 0 bridgehead atoms. The average Bonchev–Trinajstić information content (AvgIpc) is 3.46. The zero-order valence-corrected chi connectivity index (χ0v) is 19.8. The van der Waals surface area contributed by atoms with Crippen LogP contribution in [0.3, 0.4) is 0 Å². The maximum absolute atomic E-state index is 15.1. The maximum atomic E-state index is 15.1. The Bertz CT molecular complexity index is 1160. The van der Waals surface area contributed by atoms with E-state index in [1.807, 2.05) is 17.5 Å². The zero-order chi connectivity index (χ0) is 22.4. The van der Waals surface area contributed by atoms with Crippen molar-refractivity contribution >= 4 is 38.7 Å². The highest BCUT2D eigenvalue weighted by atomic mass is 32.1. The molecule has 3 fully saturated rings. The van der Waals surface area contributed by atoms with Crippen molar-refractivity contribution in [2.75, 3.05) is 49.6 Å². The van der Waals surface area contributed by atoms with Crippen LogP contribution in [0.4, 0.5) is 21.7 Å². The van der Waals surface area contributed by atoms with E-state index in [1.165, 1.54) is 46.2 Å². The molecule has 1 atom stereocenters. The third-order valence-electron chi connectivity index (χ3n) is 7.44. The predicted octanol–water partition coefficient (Wildman–Crippen LogP) is 5.06. The van der Waals surface area contributed by atoms with Crippen LogP contribution < -0.4 is 10.2 Å². The van der Waals surface area contributed by atoms with Gasteiger partial charge in [-0.15, -0.1) is 11.3 Å². The number of hydrogen-bond acceptors (Lipinski definition) is 7. The van der Waals surface area contributed by atoms with E-state index in [-0.39, 0.29) is 11.6 Å². The van der Waals surface area contributed by atoms with Gasteiger partial charge in [0.05, 0.1) is 35.8 Å². The first-order chi connectivity index (χ1) is 16.2. The summed E-state index contributed by atoms with van der Waals surface area (Å²) in [6.07, 6.45) is 8.81. The van der Waals surface area contributed by atoms with Gasteiger partial charge < -0.3 is 15.0 Å². The Kier molecular flexibility index (Phi) is 5.68. The lowest BCUT2D eigenvalue weighted by Gasteiger charge is -2.44. The number of piperazine rings is 1. The average molecular weight is 468 g/mol. The summed E-state index contributed by atoms with van der Waals surface area (Å²) < 4.78 is 21.9. The van der Waals surface area contributed by atoms with Crippen LogP contribution in [0.15, 0.2) is 24.5 Å². The van der Waals surface area contributed by atoms with Gasteiger partial charge in [0.15, 0.2) is 11.6 Å². The van der Waals surface area contributed by atoms with Crippen molar-refractivity contribution in [3.8, 4) is 0 Å². The van der Waals surface area contributed by atoms with Gasteiger partial charge in [-0.05, 0) is 37.3 Å². The summed E-state index contributed by atoms with van der Waals surface area (Å²) in [5.74, 6) is 1.15. The molecule has 1 N–H and O–H groups in total. The first kappa shape index (κ1) is 21.3. The number of rotatable bonds is 4. The number of fused-ring (bicyclic) bond motifs is 2. The van der Waals surface area contributed by atoms with Gasteiger partial charge >= 0.3 is 0 Å². The number of nitrogens with one attached hydrogen (secondary N) is 1. The van der Waals surface area contributed by atoms with Gasteiger partial charge in [0, 0.05) is 48.7 Å². The number of halogens is 1. The van der Waals surface area contributed by atoms with Crippen LogP contribution >= 0.6 is 11.3 Å². The molecule has 174 valence electrons. The molecular weight excluding hydrogens is 437 g/mol. The third-order valence-corrected chi connectivity index (χ3v) is 8.51. The van der Waals surface area contributed by atoms with Gasteiger partial charge in [0.1, 0.15) is 5.82 Å². The molecule has 1 saturated carbocycles. The standard InChI is InChI=1S/C25H30FN5OS/c1-16-24(17-4-2-3-5-17)20-11-23(27-13-22(20)33-16)29-25-21(26)10-18(12-28-25)31-7-6-30-8-9-32-15-19(30)14-31/h10-13,17,19H,2-9,14-15H2,1H3,(H,27,28,29). The molecule has 0 aromatic carbocycles. The topological polar surface area (TPSA) is 53.5 Å². The molecule has 1 aliphatic carbocycles. The molecule has 3 aromatic heterocycles. The molecule has 8 heteroatoms. The number of aromatic nitrogens is 2. The number of ether oxygens (including phenoxy) is 1. The van der Waals surface area contributed by atoms with Crippen molar-refractivity contribution in [2.24, 2.45) is 0 Å². The number of thiophene rings is 1. The first-order valence-electron chi connectivity index (χ1n) is 12.0. The minimum absolute atomic E-state index is 0.222. The summed E-state index contributed by atoms with van der Waals surface area (Å²) in [7, 11) is 0. The molecule has 1 unspecified atom stereocenters. The second-order valence-electron chi connectivity index (χ2n) is 9.48. The fraction of sp³-hybridized carbons (Fsp3) is 0.520. The third kappa shape index (κ3) is 4.09. The Morgan fingerprint density at radius 2 is 2.00 bits per heavy atom. The van der Waals surface area contributed by atoms with Gasteiger partial charge in [-0.2, -0.15) is 0 Å². The summed E-state index contributed by atoms with van der Waals surface area (Å²) in [6.45, 7) is 7.44. The van der Waals surface area contributed by atoms with Crippen LogP contribution in [0.5, 0.6) is 0 Å². The minimum atomic E-state index is -0.353. The van der Waals surface area contributed by atoms with Crippen LogP contribution in [0, 0.1) is 12.7 Å². The van der Waals surface area contributed by atoms with Gasteiger partial charge in [-0.1, -0.05) is 12.8 Å². The van der Waals surface area contributed by atoms with E-state index in [1.54, 1.807) is 12.3 Å².